The zero-order valence-electron chi connectivity index (χ0n) is 34.3. The smallest absolute Gasteiger partial charge is 0.268 e. The number of likely N-dealkylation sites (N-methyl/N-ethyl adjacent to an activating group) is 1. The van der Waals surface area contributed by atoms with Crippen molar-refractivity contribution in [3.63, 3.8) is 0 Å². The third kappa shape index (κ3) is 35.6. The van der Waals surface area contributed by atoms with Crippen LogP contribution in [0.5, 0.6) is 0 Å². The number of amides is 1. The van der Waals surface area contributed by atoms with Gasteiger partial charge in [0.1, 0.15) is 19.3 Å². The highest BCUT2D eigenvalue weighted by Crippen LogP contribution is 2.38. The molecule has 3 N–H and O–H groups in total. The maximum Gasteiger partial charge on any atom is 0.268 e. The van der Waals surface area contributed by atoms with E-state index >= 15 is 0 Å². The minimum absolute atomic E-state index is 0.0545. The molecule has 10 heteroatoms. The Morgan fingerprint density at radius 2 is 1.23 bits per heavy atom. The number of rotatable bonds is 36. The van der Waals surface area contributed by atoms with E-state index in [0.717, 1.165) is 64.2 Å². The number of aliphatic hydroxyl groups excluding tert-OH is 2. The zero-order chi connectivity index (χ0) is 39.5. The Labute approximate surface area is 324 Å². The van der Waals surface area contributed by atoms with E-state index in [-0.39, 0.29) is 18.9 Å². The van der Waals surface area contributed by atoms with Crippen LogP contribution in [0.25, 0.3) is 0 Å². The third-order valence-corrected chi connectivity index (χ3v) is 9.83. The van der Waals surface area contributed by atoms with Gasteiger partial charge in [-0.1, -0.05) is 113 Å². The monoisotopic (exact) mass is 767 g/mol. The van der Waals surface area contributed by atoms with Crippen LogP contribution in [-0.4, -0.2) is 79.8 Å². The summed E-state index contributed by atoms with van der Waals surface area (Å²) >= 11 is 0. The van der Waals surface area contributed by atoms with Crippen molar-refractivity contribution in [2.45, 2.75) is 167 Å². The van der Waals surface area contributed by atoms with Gasteiger partial charge in [0.15, 0.2) is 0 Å². The number of aliphatic hydroxyl groups is 2. The van der Waals surface area contributed by atoms with Crippen LogP contribution in [0.2, 0.25) is 0 Å². The van der Waals surface area contributed by atoms with Gasteiger partial charge in [-0.2, -0.15) is 0 Å². The Morgan fingerprint density at radius 3 is 1.81 bits per heavy atom. The van der Waals surface area contributed by atoms with Crippen molar-refractivity contribution in [3.8, 4) is 0 Å². The highest BCUT2D eigenvalue weighted by atomic mass is 31.2. The summed E-state index contributed by atoms with van der Waals surface area (Å²) in [5.41, 5.74) is 0. The summed E-state index contributed by atoms with van der Waals surface area (Å²) in [7, 11) is 1.07. The molecule has 0 spiro atoms. The Kier molecular flexibility index (Phi) is 33.4. The summed E-state index contributed by atoms with van der Waals surface area (Å²) in [5, 5.41) is 24.5. The van der Waals surface area contributed by atoms with Crippen molar-refractivity contribution in [2.75, 3.05) is 40.9 Å². The Bertz CT molecular complexity index is 1070. The number of phosphoric ester groups is 1. The molecule has 0 saturated carbocycles. The van der Waals surface area contributed by atoms with E-state index in [1.807, 2.05) is 28.1 Å². The average molecular weight is 767 g/mol. The lowest BCUT2D eigenvalue weighted by Crippen LogP contribution is -2.51. The van der Waals surface area contributed by atoms with Gasteiger partial charge in [-0.05, 0) is 90.4 Å². The first-order valence-corrected chi connectivity index (χ1v) is 22.1. The Hall–Kier alpha value is -1.84. The molecule has 0 fully saturated rings. The molecule has 0 aliphatic carbocycles. The summed E-state index contributed by atoms with van der Waals surface area (Å²) < 4.78 is 23.1. The number of unbranched alkanes of at least 4 members (excludes halogenated alkanes) is 13. The molecular formula is C43H79N2O7P. The second kappa shape index (κ2) is 34.6. The van der Waals surface area contributed by atoms with E-state index in [2.05, 4.69) is 73.0 Å². The molecule has 0 aromatic carbocycles. The van der Waals surface area contributed by atoms with Crippen molar-refractivity contribution in [2.24, 2.45) is 0 Å². The standard InChI is InChI=1S/C43H79N2O7P/c1-6-8-10-12-14-16-18-20-21-22-23-24-26-28-30-32-34-36-42(47)44-40(39-52-53(49,50)51-38-37-45(3,4)5)43(48)41(46)35-33-31-29-27-25-19-17-15-13-11-9-7-2/h7,9,14-17,20-21,27,29,40-41,43,46,48H,6,8,10-13,18-19,22-26,28,30-39H2,1-5H3,(H-,44,47,49,50)/b9-7+,16-14-,17-15+,21-20-,29-27+. The summed E-state index contributed by atoms with van der Waals surface area (Å²) in [6, 6.07) is -1.10. The lowest BCUT2D eigenvalue weighted by molar-refractivity contribution is -0.870. The number of nitrogens with zero attached hydrogens (tertiary/aromatic N) is 1. The topological polar surface area (TPSA) is 128 Å². The highest BCUT2D eigenvalue weighted by Gasteiger charge is 2.29. The van der Waals surface area contributed by atoms with Crippen LogP contribution in [0.4, 0.5) is 0 Å². The van der Waals surface area contributed by atoms with Crippen molar-refractivity contribution in [1.29, 1.82) is 0 Å². The van der Waals surface area contributed by atoms with Gasteiger partial charge >= 0.3 is 0 Å². The molecule has 0 aromatic heterocycles. The quantitative estimate of drug-likeness (QED) is 0.0251. The van der Waals surface area contributed by atoms with E-state index in [1.165, 1.54) is 44.9 Å². The van der Waals surface area contributed by atoms with Crippen molar-refractivity contribution in [3.05, 3.63) is 60.8 Å². The first-order chi connectivity index (χ1) is 25.4. The number of allylic oxidation sites excluding steroid dienone is 10. The van der Waals surface area contributed by atoms with Crippen molar-refractivity contribution in [1.82, 2.24) is 5.32 Å². The van der Waals surface area contributed by atoms with Crippen LogP contribution in [0.3, 0.4) is 0 Å². The number of carbonyl (C=O) groups excluding carboxylic acids is 1. The van der Waals surface area contributed by atoms with Crippen LogP contribution < -0.4 is 10.2 Å². The number of phosphoric acid groups is 1. The fraction of sp³-hybridized carbons (Fsp3) is 0.744. The Morgan fingerprint density at radius 1 is 0.717 bits per heavy atom. The molecule has 9 nitrogen and oxygen atoms in total. The van der Waals surface area contributed by atoms with Gasteiger partial charge in [-0.15, -0.1) is 0 Å². The van der Waals surface area contributed by atoms with Gasteiger partial charge in [-0.3, -0.25) is 9.36 Å². The lowest BCUT2D eigenvalue weighted by Gasteiger charge is -2.31. The van der Waals surface area contributed by atoms with Crippen LogP contribution in [0.15, 0.2) is 60.8 Å². The molecule has 0 rings (SSSR count). The minimum atomic E-state index is -4.68. The van der Waals surface area contributed by atoms with E-state index in [1.54, 1.807) is 0 Å². The van der Waals surface area contributed by atoms with E-state index < -0.39 is 32.7 Å². The molecule has 0 aliphatic heterocycles. The second-order valence-corrected chi connectivity index (χ2v) is 16.5. The molecule has 308 valence electrons. The normalized spacial score (nSPS) is 15.7. The zero-order valence-corrected chi connectivity index (χ0v) is 35.2. The molecule has 1 amide bonds. The molecule has 0 saturated heterocycles. The van der Waals surface area contributed by atoms with Crippen LogP contribution >= 0.6 is 7.82 Å². The van der Waals surface area contributed by atoms with Gasteiger partial charge in [0.05, 0.1) is 39.9 Å². The summed E-state index contributed by atoms with van der Waals surface area (Å²) in [4.78, 5) is 25.3. The molecule has 4 atom stereocenters. The summed E-state index contributed by atoms with van der Waals surface area (Å²) in [5.74, 6) is -0.307. The SMILES string of the molecule is C/C=C/CC/C=C/CC/C=C/CCCC(O)C(O)C(COP(=O)([O-])OCC[N+](C)(C)C)NC(=O)CCCCCCCCC/C=C\C/C=C\CCCCC. The predicted molar refractivity (Wildman–Crippen MR) is 220 cm³/mol. The summed E-state index contributed by atoms with van der Waals surface area (Å²) in [6.07, 6.45) is 39.8. The number of quaternary nitrogens is 1. The van der Waals surface area contributed by atoms with E-state index in [0.29, 0.717) is 30.3 Å². The number of carbonyl (C=O) groups is 1. The van der Waals surface area contributed by atoms with Gasteiger partial charge in [0.25, 0.3) is 7.82 Å². The van der Waals surface area contributed by atoms with Gasteiger partial charge in [-0.25, -0.2) is 0 Å². The fourth-order valence-corrected chi connectivity index (χ4v) is 6.22. The molecular weight excluding hydrogens is 687 g/mol. The molecule has 0 radical (unpaired) electrons. The van der Waals surface area contributed by atoms with E-state index in [4.69, 9.17) is 9.05 Å². The average Bonchev–Trinajstić information content (AvgIpc) is 3.10. The largest absolute Gasteiger partial charge is 0.756 e. The molecule has 0 bridgehead atoms. The number of hydrogen-bond donors (Lipinski definition) is 3. The van der Waals surface area contributed by atoms with E-state index in [9.17, 15) is 24.5 Å². The summed E-state index contributed by atoms with van der Waals surface area (Å²) in [6.45, 7) is 4.13. The lowest BCUT2D eigenvalue weighted by atomic mass is 10.0. The highest BCUT2D eigenvalue weighted by molar-refractivity contribution is 7.45. The first kappa shape index (κ1) is 51.2. The fourth-order valence-electron chi connectivity index (χ4n) is 5.50. The van der Waals surface area contributed by atoms with Gasteiger partial charge < -0.3 is 34.0 Å². The Balaban J connectivity index is 4.62. The van der Waals surface area contributed by atoms with Gasteiger partial charge in [0.2, 0.25) is 5.91 Å². The van der Waals surface area contributed by atoms with Crippen LogP contribution in [-0.2, 0) is 18.4 Å². The van der Waals surface area contributed by atoms with Crippen LogP contribution in [0, 0.1) is 0 Å². The number of hydrogen-bond acceptors (Lipinski definition) is 7. The number of nitrogens with one attached hydrogen (secondary N) is 1. The molecule has 4 unspecified atom stereocenters. The molecule has 0 aromatic rings. The third-order valence-electron chi connectivity index (χ3n) is 8.87. The van der Waals surface area contributed by atoms with Crippen molar-refractivity contribution < 1.29 is 38.0 Å². The predicted octanol–water partition coefficient (Wildman–Crippen LogP) is 9.41. The second-order valence-electron chi connectivity index (χ2n) is 15.1. The molecule has 0 aliphatic rings. The van der Waals surface area contributed by atoms with Crippen LogP contribution in [0.1, 0.15) is 149 Å². The maximum atomic E-state index is 12.9. The maximum absolute atomic E-state index is 12.9. The van der Waals surface area contributed by atoms with Crippen molar-refractivity contribution >= 4 is 13.7 Å². The van der Waals surface area contributed by atoms with Gasteiger partial charge in [0, 0.05) is 6.42 Å². The molecule has 53 heavy (non-hydrogen) atoms. The molecule has 0 heterocycles. The minimum Gasteiger partial charge on any atom is -0.756 e. The first-order valence-electron chi connectivity index (χ1n) is 20.7.